The predicted octanol–water partition coefficient (Wildman–Crippen LogP) is 4.98. The Morgan fingerprint density at radius 3 is 2.33 bits per heavy atom. The Kier molecular flexibility index (Phi) is 4.33. The van der Waals surface area contributed by atoms with Crippen LogP contribution in [0.4, 0.5) is 0 Å². The Morgan fingerprint density at radius 1 is 1.11 bits per heavy atom. The summed E-state index contributed by atoms with van der Waals surface area (Å²) < 4.78 is 0.796. The van der Waals surface area contributed by atoms with Gasteiger partial charge in [-0.05, 0) is 55.8 Å². The van der Waals surface area contributed by atoms with E-state index in [-0.39, 0.29) is 6.04 Å². The molecular weight excluding hydrogens is 285 g/mol. The minimum atomic E-state index is 0.0919. The van der Waals surface area contributed by atoms with E-state index >= 15 is 0 Å². The zero-order valence-electron chi connectivity index (χ0n) is 10.6. The number of aryl methyl sites for hydroxylation is 2. The fourth-order valence-electron chi connectivity index (χ4n) is 1.96. The SMILES string of the molecule is CNC(c1ccc(Cl)s1)c1cc(C)c(C)cc1Cl. The van der Waals surface area contributed by atoms with Crippen molar-refractivity contribution in [2.24, 2.45) is 0 Å². The third-order valence-electron chi connectivity index (χ3n) is 3.09. The zero-order valence-corrected chi connectivity index (χ0v) is 12.9. The smallest absolute Gasteiger partial charge is 0.0931 e. The Labute approximate surface area is 122 Å². The first-order chi connectivity index (χ1) is 8.52. The van der Waals surface area contributed by atoms with Crippen LogP contribution in [0.25, 0.3) is 0 Å². The van der Waals surface area contributed by atoms with Gasteiger partial charge in [-0.1, -0.05) is 29.3 Å². The van der Waals surface area contributed by atoms with Gasteiger partial charge in [0.25, 0.3) is 0 Å². The maximum Gasteiger partial charge on any atom is 0.0931 e. The van der Waals surface area contributed by atoms with E-state index in [2.05, 4.69) is 25.2 Å². The molecule has 1 unspecified atom stereocenters. The average Bonchev–Trinajstić information content (AvgIpc) is 2.73. The van der Waals surface area contributed by atoms with Crippen molar-refractivity contribution in [3.63, 3.8) is 0 Å². The van der Waals surface area contributed by atoms with Crippen LogP contribution < -0.4 is 5.32 Å². The van der Waals surface area contributed by atoms with Crippen LogP contribution in [0.2, 0.25) is 9.36 Å². The molecule has 0 radical (unpaired) electrons. The Balaban J connectivity index is 2.48. The maximum atomic E-state index is 6.36. The number of hydrogen-bond acceptors (Lipinski definition) is 2. The van der Waals surface area contributed by atoms with Crippen LogP contribution in [0.5, 0.6) is 0 Å². The molecule has 0 amide bonds. The molecule has 96 valence electrons. The number of thiophene rings is 1. The van der Waals surface area contributed by atoms with Gasteiger partial charge in [0.1, 0.15) is 0 Å². The van der Waals surface area contributed by atoms with Gasteiger partial charge in [-0.2, -0.15) is 0 Å². The van der Waals surface area contributed by atoms with Gasteiger partial charge in [0, 0.05) is 9.90 Å². The summed E-state index contributed by atoms with van der Waals surface area (Å²) in [6.07, 6.45) is 0. The summed E-state index contributed by atoms with van der Waals surface area (Å²) in [5.74, 6) is 0. The molecule has 0 fully saturated rings. The third kappa shape index (κ3) is 2.72. The van der Waals surface area contributed by atoms with Gasteiger partial charge in [-0.3, -0.25) is 0 Å². The highest BCUT2D eigenvalue weighted by Gasteiger charge is 2.17. The first-order valence-electron chi connectivity index (χ1n) is 5.72. The van der Waals surface area contributed by atoms with Crippen molar-refractivity contribution >= 4 is 34.5 Å². The van der Waals surface area contributed by atoms with Crippen molar-refractivity contribution in [3.8, 4) is 0 Å². The minimum Gasteiger partial charge on any atom is -0.309 e. The number of halogens is 2. The molecule has 2 rings (SSSR count). The molecule has 0 aliphatic carbocycles. The molecular formula is C14H15Cl2NS. The van der Waals surface area contributed by atoms with Gasteiger partial charge in [-0.25, -0.2) is 0 Å². The summed E-state index contributed by atoms with van der Waals surface area (Å²) in [7, 11) is 1.93. The van der Waals surface area contributed by atoms with Crippen LogP contribution in [0, 0.1) is 13.8 Å². The van der Waals surface area contributed by atoms with Crippen LogP contribution in [0.1, 0.15) is 27.6 Å². The lowest BCUT2D eigenvalue weighted by molar-refractivity contribution is 0.703. The predicted molar refractivity (Wildman–Crippen MR) is 81.2 cm³/mol. The summed E-state index contributed by atoms with van der Waals surface area (Å²) in [6, 6.07) is 8.22. The van der Waals surface area contributed by atoms with Crippen molar-refractivity contribution < 1.29 is 0 Å². The van der Waals surface area contributed by atoms with Crippen LogP contribution in [-0.4, -0.2) is 7.05 Å². The number of benzene rings is 1. The number of hydrogen-bond donors (Lipinski definition) is 1. The van der Waals surface area contributed by atoms with E-state index < -0.39 is 0 Å². The second-order valence-electron chi connectivity index (χ2n) is 4.32. The molecule has 1 N–H and O–H groups in total. The Hall–Kier alpha value is -0.540. The number of nitrogens with one attached hydrogen (secondary N) is 1. The van der Waals surface area contributed by atoms with Crippen molar-refractivity contribution in [2.45, 2.75) is 19.9 Å². The zero-order chi connectivity index (χ0) is 13.3. The average molecular weight is 300 g/mol. The first kappa shape index (κ1) is 13.9. The Morgan fingerprint density at radius 2 is 1.78 bits per heavy atom. The van der Waals surface area contributed by atoms with Crippen molar-refractivity contribution in [1.82, 2.24) is 5.32 Å². The highest BCUT2D eigenvalue weighted by atomic mass is 35.5. The second kappa shape index (κ2) is 5.62. The molecule has 1 atom stereocenters. The van der Waals surface area contributed by atoms with Gasteiger partial charge < -0.3 is 5.32 Å². The molecule has 4 heteroatoms. The molecule has 0 spiro atoms. The molecule has 1 heterocycles. The fraction of sp³-hybridized carbons (Fsp3) is 0.286. The highest BCUT2D eigenvalue weighted by molar-refractivity contribution is 7.16. The number of rotatable bonds is 3. The van der Waals surface area contributed by atoms with E-state index in [4.69, 9.17) is 23.2 Å². The lowest BCUT2D eigenvalue weighted by atomic mass is 10.00. The minimum absolute atomic E-state index is 0.0919. The second-order valence-corrected chi connectivity index (χ2v) is 6.48. The van der Waals surface area contributed by atoms with E-state index in [0.717, 1.165) is 14.9 Å². The molecule has 1 nitrogen and oxygen atoms in total. The van der Waals surface area contributed by atoms with Crippen molar-refractivity contribution in [1.29, 1.82) is 0 Å². The summed E-state index contributed by atoms with van der Waals surface area (Å²) in [6.45, 7) is 4.17. The summed E-state index contributed by atoms with van der Waals surface area (Å²) in [5, 5.41) is 4.10. The molecule has 0 aliphatic rings. The topological polar surface area (TPSA) is 12.0 Å². The molecule has 1 aromatic heterocycles. The van der Waals surface area contributed by atoms with Crippen LogP contribution in [0.3, 0.4) is 0 Å². The van der Waals surface area contributed by atoms with E-state index in [1.54, 1.807) is 11.3 Å². The lowest BCUT2D eigenvalue weighted by Gasteiger charge is -2.18. The maximum absolute atomic E-state index is 6.36. The van der Waals surface area contributed by atoms with E-state index in [1.807, 2.05) is 25.2 Å². The van der Waals surface area contributed by atoms with Crippen LogP contribution in [0.15, 0.2) is 24.3 Å². The quantitative estimate of drug-likeness (QED) is 0.843. The van der Waals surface area contributed by atoms with Gasteiger partial charge in [-0.15, -0.1) is 11.3 Å². The molecule has 18 heavy (non-hydrogen) atoms. The van der Waals surface area contributed by atoms with Gasteiger partial charge in [0.15, 0.2) is 0 Å². The third-order valence-corrected chi connectivity index (χ3v) is 4.71. The summed E-state index contributed by atoms with van der Waals surface area (Å²) in [5.41, 5.74) is 3.56. The monoisotopic (exact) mass is 299 g/mol. The van der Waals surface area contributed by atoms with Gasteiger partial charge in [0.2, 0.25) is 0 Å². The normalized spacial score (nSPS) is 12.7. The van der Waals surface area contributed by atoms with Crippen LogP contribution >= 0.6 is 34.5 Å². The summed E-state index contributed by atoms with van der Waals surface area (Å²) in [4.78, 5) is 1.17. The van der Waals surface area contributed by atoms with E-state index in [9.17, 15) is 0 Å². The summed E-state index contributed by atoms with van der Waals surface area (Å²) >= 11 is 13.9. The standard InChI is InChI=1S/C14H15Cl2NS/c1-8-6-10(11(15)7-9(8)2)14(17-3)12-4-5-13(16)18-12/h4-7,14,17H,1-3H3. The lowest BCUT2D eigenvalue weighted by Crippen LogP contribution is -2.17. The van der Waals surface area contributed by atoms with Gasteiger partial charge >= 0.3 is 0 Å². The highest BCUT2D eigenvalue weighted by Crippen LogP contribution is 2.35. The fourth-order valence-corrected chi connectivity index (χ4v) is 3.48. The Bertz CT molecular complexity index is 563. The van der Waals surface area contributed by atoms with Crippen molar-refractivity contribution in [2.75, 3.05) is 7.05 Å². The molecule has 0 aliphatic heterocycles. The molecule has 2 aromatic rings. The molecule has 0 bridgehead atoms. The molecule has 0 saturated heterocycles. The van der Waals surface area contributed by atoms with Gasteiger partial charge in [0.05, 0.1) is 10.4 Å². The van der Waals surface area contributed by atoms with Crippen molar-refractivity contribution in [3.05, 3.63) is 55.2 Å². The molecule has 1 aromatic carbocycles. The van der Waals surface area contributed by atoms with E-state index in [0.29, 0.717) is 0 Å². The van der Waals surface area contributed by atoms with E-state index in [1.165, 1.54) is 16.0 Å². The largest absolute Gasteiger partial charge is 0.309 e. The molecule has 0 saturated carbocycles. The van der Waals surface area contributed by atoms with Crippen LogP contribution in [-0.2, 0) is 0 Å². The first-order valence-corrected chi connectivity index (χ1v) is 7.29.